The van der Waals surface area contributed by atoms with Crippen LogP contribution in [0.4, 0.5) is 10.5 Å². The molecule has 2 atom stereocenters. The number of aliphatic hydroxyl groups is 1. The van der Waals surface area contributed by atoms with Gasteiger partial charge in [0, 0.05) is 18.7 Å². The number of carbonyl (C=O) groups excluding carboxylic acids is 1. The molecule has 3 N–H and O–H groups in total. The third-order valence-electron chi connectivity index (χ3n) is 3.80. The summed E-state index contributed by atoms with van der Waals surface area (Å²) in [5, 5.41) is 21.5. The number of aliphatic hydroxyl groups excluding tert-OH is 1. The number of para-hydroxylation sites is 1. The summed E-state index contributed by atoms with van der Waals surface area (Å²) < 4.78 is 0. The highest BCUT2D eigenvalue weighted by atomic mass is 16.4. The van der Waals surface area contributed by atoms with Gasteiger partial charge in [-0.05, 0) is 24.5 Å². The molecule has 1 saturated heterocycles. The molecule has 0 aliphatic carbocycles. The minimum atomic E-state index is -1.10. The van der Waals surface area contributed by atoms with Crippen molar-refractivity contribution in [2.45, 2.75) is 38.8 Å². The topological polar surface area (TPSA) is 89.9 Å². The Morgan fingerprint density at radius 2 is 2.14 bits per heavy atom. The van der Waals surface area contributed by atoms with E-state index in [2.05, 4.69) is 5.32 Å². The van der Waals surface area contributed by atoms with Gasteiger partial charge in [0.2, 0.25) is 0 Å². The number of anilines is 1. The second-order valence-corrected chi connectivity index (χ2v) is 5.29. The number of aliphatic carboxylic acids is 1. The van der Waals surface area contributed by atoms with Gasteiger partial charge in [0.15, 0.2) is 0 Å². The van der Waals surface area contributed by atoms with E-state index in [0.29, 0.717) is 0 Å². The molecule has 0 saturated carbocycles. The summed E-state index contributed by atoms with van der Waals surface area (Å²) in [6.07, 6.45) is 0.0405. The number of benzene rings is 1. The number of carboxylic acid groups (broad SMARTS) is 1. The number of nitrogens with zero attached hydrogens (tertiary/aromatic N) is 1. The molecule has 1 fully saturated rings. The Labute approximate surface area is 123 Å². The van der Waals surface area contributed by atoms with Crippen LogP contribution in [0.15, 0.2) is 18.2 Å². The van der Waals surface area contributed by atoms with E-state index in [1.807, 2.05) is 32.0 Å². The van der Waals surface area contributed by atoms with E-state index in [1.54, 1.807) is 0 Å². The molecule has 1 aliphatic heterocycles. The Bertz CT molecular complexity index is 559. The molecule has 21 heavy (non-hydrogen) atoms. The summed E-state index contributed by atoms with van der Waals surface area (Å²) in [6, 6.07) is 4.28. The van der Waals surface area contributed by atoms with Crippen molar-refractivity contribution < 1.29 is 19.8 Å². The number of rotatable bonds is 3. The zero-order chi connectivity index (χ0) is 15.6. The lowest BCUT2D eigenvalue weighted by Gasteiger charge is -2.23. The van der Waals surface area contributed by atoms with Crippen molar-refractivity contribution in [3.05, 3.63) is 29.3 Å². The lowest BCUT2D eigenvalue weighted by Crippen LogP contribution is -2.43. The normalized spacial score (nSPS) is 21.4. The molecule has 0 radical (unpaired) electrons. The van der Waals surface area contributed by atoms with Gasteiger partial charge in [0.25, 0.3) is 0 Å². The van der Waals surface area contributed by atoms with Crippen LogP contribution in [0.5, 0.6) is 0 Å². The standard InChI is InChI=1S/C15H20N2O4/c1-3-10-6-4-5-9(2)13(10)16-15(21)17-8-11(18)7-12(17)14(19)20/h4-6,11-12,18H,3,7-8H2,1-2H3,(H,16,21)(H,19,20)/t11-,12-/m0/s1. The zero-order valence-electron chi connectivity index (χ0n) is 12.2. The van der Waals surface area contributed by atoms with Gasteiger partial charge in [0.05, 0.1) is 6.10 Å². The van der Waals surface area contributed by atoms with E-state index in [9.17, 15) is 14.7 Å². The Morgan fingerprint density at radius 3 is 2.76 bits per heavy atom. The highest BCUT2D eigenvalue weighted by Crippen LogP contribution is 2.24. The summed E-state index contributed by atoms with van der Waals surface area (Å²) in [4.78, 5) is 24.7. The lowest BCUT2D eigenvalue weighted by atomic mass is 10.1. The highest BCUT2D eigenvalue weighted by Gasteiger charge is 2.39. The summed E-state index contributed by atoms with van der Waals surface area (Å²) in [5.41, 5.74) is 2.64. The maximum absolute atomic E-state index is 12.3. The van der Waals surface area contributed by atoms with Gasteiger partial charge in [-0.25, -0.2) is 9.59 Å². The fraction of sp³-hybridized carbons (Fsp3) is 0.467. The molecule has 0 aromatic heterocycles. The SMILES string of the molecule is CCc1cccc(C)c1NC(=O)N1C[C@@H](O)C[C@H]1C(=O)O. The summed E-state index contributed by atoms with van der Waals surface area (Å²) in [6.45, 7) is 3.92. The van der Waals surface area contributed by atoms with Gasteiger partial charge in [-0.3, -0.25) is 0 Å². The average Bonchev–Trinajstić information content (AvgIpc) is 2.83. The average molecular weight is 292 g/mol. The van der Waals surface area contributed by atoms with Crippen LogP contribution >= 0.6 is 0 Å². The Kier molecular flexibility index (Phi) is 4.47. The number of nitrogens with one attached hydrogen (secondary N) is 1. The van der Waals surface area contributed by atoms with E-state index in [-0.39, 0.29) is 13.0 Å². The fourth-order valence-electron chi connectivity index (χ4n) is 2.65. The predicted molar refractivity (Wildman–Crippen MR) is 78.3 cm³/mol. The number of hydrogen-bond donors (Lipinski definition) is 3. The molecule has 114 valence electrons. The molecule has 2 amide bonds. The van der Waals surface area contributed by atoms with Crippen LogP contribution in [0.2, 0.25) is 0 Å². The van der Waals surface area contributed by atoms with Crippen molar-refractivity contribution in [3.8, 4) is 0 Å². The highest BCUT2D eigenvalue weighted by molar-refractivity contribution is 5.94. The molecule has 1 aliphatic rings. The Hall–Kier alpha value is -2.08. The number of likely N-dealkylation sites (tertiary alicyclic amines) is 1. The van der Waals surface area contributed by atoms with Crippen molar-refractivity contribution >= 4 is 17.7 Å². The molecule has 0 bridgehead atoms. The number of β-amino-alcohol motifs (C(OH)–C–C–N with tert-alkyl or cyclic N) is 1. The number of carboxylic acids is 1. The summed E-state index contributed by atoms with van der Waals surface area (Å²) in [5.74, 6) is -1.10. The first-order chi connectivity index (χ1) is 9.93. The van der Waals surface area contributed by atoms with Crippen LogP contribution in [0.25, 0.3) is 0 Å². The molecule has 1 aromatic rings. The number of hydrogen-bond acceptors (Lipinski definition) is 3. The van der Waals surface area contributed by atoms with Gasteiger partial charge in [-0.1, -0.05) is 25.1 Å². The van der Waals surface area contributed by atoms with E-state index in [0.717, 1.165) is 23.2 Å². The van der Waals surface area contributed by atoms with Gasteiger partial charge in [0.1, 0.15) is 6.04 Å². The number of amides is 2. The maximum Gasteiger partial charge on any atom is 0.326 e. The Balaban J connectivity index is 2.20. The van der Waals surface area contributed by atoms with Gasteiger partial charge in [-0.15, -0.1) is 0 Å². The number of urea groups is 1. The molecular weight excluding hydrogens is 272 g/mol. The first kappa shape index (κ1) is 15.3. The number of aryl methyl sites for hydroxylation is 2. The van der Waals surface area contributed by atoms with E-state index in [1.165, 1.54) is 4.90 Å². The van der Waals surface area contributed by atoms with Crippen LogP contribution < -0.4 is 5.32 Å². The van der Waals surface area contributed by atoms with Crippen LogP contribution in [0.1, 0.15) is 24.5 Å². The van der Waals surface area contributed by atoms with Crippen LogP contribution in [-0.4, -0.2) is 45.8 Å². The monoisotopic (exact) mass is 292 g/mol. The third-order valence-corrected chi connectivity index (χ3v) is 3.80. The van der Waals surface area contributed by atoms with Crippen molar-refractivity contribution in [3.63, 3.8) is 0 Å². The van der Waals surface area contributed by atoms with E-state index in [4.69, 9.17) is 5.11 Å². The molecule has 0 unspecified atom stereocenters. The molecule has 1 heterocycles. The van der Waals surface area contributed by atoms with Crippen molar-refractivity contribution in [2.75, 3.05) is 11.9 Å². The Morgan fingerprint density at radius 1 is 1.43 bits per heavy atom. The summed E-state index contributed by atoms with van der Waals surface area (Å²) >= 11 is 0. The lowest BCUT2D eigenvalue weighted by molar-refractivity contribution is -0.141. The quantitative estimate of drug-likeness (QED) is 0.789. The molecule has 0 spiro atoms. The molecule has 1 aromatic carbocycles. The smallest absolute Gasteiger partial charge is 0.326 e. The molecule has 6 nitrogen and oxygen atoms in total. The largest absolute Gasteiger partial charge is 0.480 e. The van der Waals surface area contributed by atoms with E-state index >= 15 is 0 Å². The minimum Gasteiger partial charge on any atom is -0.480 e. The predicted octanol–water partition coefficient (Wildman–Crippen LogP) is 1.61. The van der Waals surface area contributed by atoms with Crippen molar-refractivity contribution in [1.82, 2.24) is 4.90 Å². The first-order valence-corrected chi connectivity index (χ1v) is 7.01. The van der Waals surface area contributed by atoms with Crippen LogP contribution in [-0.2, 0) is 11.2 Å². The van der Waals surface area contributed by atoms with Gasteiger partial charge in [-0.2, -0.15) is 0 Å². The molecular formula is C15H20N2O4. The van der Waals surface area contributed by atoms with Crippen molar-refractivity contribution in [2.24, 2.45) is 0 Å². The van der Waals surface area contributed by atoms with Gasteiger partial charge >= 0.3 is 12.0 Å². The third kappa shape index (κ3) is 3.16. The fourth-order valence-corrected chi connectivity index (χ4v) is 2.65. The van der Waals surface area contributed by atoms with Crippen molar-refractivity contribution in [1.29, 1.82) is 0 Å². The zero-order valence-corrected chi connectivity index (χ0v) is 12.2. The first-order valence-electron chi connectivity index (χ1n) is 7.01. The minimum absolute atomic E-state index is 0.0378. The second kappa shape index (κ2) is 6.13. The van der Waals surface area contributed by atoms with E-state index < -0.39 is 24.1 Å². The maximum atomic E-state index is 12.3. The molecule has 2 rings (SSSR count). The van der Waals surface area contributed by atoms with Crippen LogP contribution in [0.3, 0.4) is 0 Å². The number of carbonyl (C=O) groups is 2. The second-order valence-electron chi connectivity index (χ2n) is 5.29. The molecule has 6 heteroatoms. The van der Waals surface area contributed by atoms with Crippen LogP contribution in [0, 0.1) is 6.92 Å². The van der Waals surface area contributed by atoms with Gasteiger partial charge < -0.3 is 20.4 Å². The summed E-state index contributed by atoms with van der Waals surface area (Å²) in [7, 11) is 0.